The second kappa shape index (κ2) is 9.07. The van der Waals surface area contributed by atoms with Gasteiger partial charge in [0.1, 0.15) is 5.75 Å². The minimum Gasteiger partial charge on any atom is -0.507 e. The molecule has 0 spiro atoms. The highest BCUT2D eigenvalue weighted by Crippen LogP contribution is 2.40. The highest BCUT2D eigenvalue weighted by molar-refractivity contribution is 7.99. The van der Waals surface area contributed by atoms with Gasteiger partial charge in [-0.1, -0.05) is 12.5 Å². The van der Waals surface area contributed by atoms with Crippen LogP contribution in [0.1, 0.15) is 32.1 Å². The zero-order valence-corrected chi connectivity index (χ0v) is 20.1. The minimum absolute atomic E-state index is 0.186. The predicted octanol–water partition coefficient (Wildman–Crippen LogP) is 4.51. The first-order valence-electron chi connectivity index (χ1n) is 12.0. The SMILES string of the molecule is COc1cc(-c2ccc(-c3cc4c(nn3)N([C@@H]3C[C@H]5CCC[C@@H](C3)N5)CCS4)c(O)c2)ccn1. The highest BCUT2D eigenvalue weighted by Gasteiger charge is 2.36. The zero-order valence-electron chi connectivity index (χ0n) is 19.3. The van der Waals surface area contributed by atoms with E-state index in [4.69, 9.17) is 4.74 Å². The van der Waals surface area contributed by atoms with Crippen LogP contribution in [0.15, 0.2) is 47.5 Å². The Morgan fingerprint density at radius 2 is 1.88 bits per heavy atom. The number of aromatic hydroxyl groups is 1. The van der Waals surface area contributed by atoms with E-state index >= 15 is 0 Å². The van der Waals surface area contributed by atoms with Gasteiger partial charge in [-0.25, -0.2) is 4.98 Å². The fraction of sp³-hybridized carbons (Fsp3) is 0.423. The zero-order chi connectivity index (χ0) is 23.1. The van der Waals surface area contributed by atoms with Gasteiger partial charge in [0.15, 0.2) is 5.82 Å². The first-order valence-corrected chi connectivity index (χ1v) is 13.0. The van der Waals surface area contributed by atoms with Crippen LogP contribution >= 0.6 is 11.8 Å². The lowest BCUT2D eigenvalue weighted by Gasteiger charge is -2.46. The number of anilines is 1. The fourth-order valence-electron chi connectivity index (χ4n) is 5.64. The molecule has 3 atom stereocenters. The monoisotopic (exact) mass is 475 g/mol. The van der Waals surface area contributed by atoms with Crippen molar-refractivity contribution in [2.45, 2.75) is 55.1 Å². The molecule has 0 saturated carbocycles. The van der Waals surface area contributed by atoms with Crippen LogP contribution in [-0.4, -0.2) is 57.8 Å². The van der Waals surface area contributed by atoms with Crippen LogP contribution in [0, 0.1) is 0 Å². The third-order valence-corrected chi connectivity index (χ3v) is 8.28. The van der Waals surface area contributed by atoms with Crippen molar-refractivity contribution in [1.82, 2.24) is 20.5 Å². The van der Waals surface area contributed by atoms with Gasteiger partial charge in [0, 0.05) is 48.2 Å². The van der Waals surface area contributed by atoms with Crippen LogP contribution < -0.4 is 15.0 Å². The topological polar surface area (TPSA) is 83.4 Å². The van der Waals surface area contributed by atoms with Gasteiger partial charge in [0.25, 0.3) is 0 Å². The summed E-state index contributed by atoms with van der Waals surface area (Å²) in [6.07, 6.45) is 8.00. The molecule has 2 aromatic heterocycles. The van der Waals surface area contributed by atoms with E-state index in [-0.39, 0.29) is 5.75 Å². The van der Waals surface area contributed by atoms with E-state index in [1.54, 1.807) is 19.4 Å². The molecule has 2 bridgehead atoms. The summed E-state index contributed by atoms with van der Waals surface area (Å²) < 4.78 is 5.22. The minimum atomic E-state index is 0.186. The van der Waals surface area contributed by atoms with E-state index in [0.717, 1.165) is 34.1 Å². The lowest BCUT2D eigenvalue weighted by atomic mass is 9.83. The summed E-state index contributed by atoms with van der Waals surface area (Å²) >= 11 is 1.83. The van der Waals surface area contributed by atoms with Crippen LogP contribution in [0.4, 0.5) is 5.82 Å². The molecule has 34 heavy (non-hydrogen) atoms. The Morgan fingerprint density at radius 3 is 2.68 bits per heavy atom. The summed E-state index contributed by atoms with van der Waals surface area (Å²) in [5.41, 5.74) is 3.22. The van der Waals surface area contributed by atoms with Crippen molar-refractivity contribution in [3.63, 3.8) is 0 Å². The number of phenols is 1. The molecule has 3 aromatic rings. The number of aromatic nitrogens is 3. The predicted molar refractivity (Wildman–Crippen MR) is 135 cm³/mol. The highest BCUT2D eigenvalue weighted by atomic mass is 32.2. The summed E-state index contributed by atoms with van der Waals surface area (Å²) in [7, 11) is 1.59. The maximum atomic E-state index is 10.8. The van der Waals surface area contributed by atoms with Crippen LogP contribution in [-0.2, 0) is 0 Å². The number of benzene rings is 1. The van der Waals surface area contributed by atoms with Gasteiger partial charge in [0.05, 0.1) is 17.7 Å². The van der Waals surface area contributed by atoms with Crippen molar-refractivity contribution in [3.05, 3.63) is 42.6 Å². The van der Waals surface area contributed by atoms with Crippen LogP contribution in [0.25, 0.3) is 22.4 Å². The van der Waals surface area contributed by atoms with Gasteiger partial charge in [-0.05, 0) is 61.1 Å². The molecule has 1 aromatic carbocycles. The van der Waals surface area contributed by atoms with Gasteiger partial charge >= 0.3 is 0 Å². The standard InChI is InChI=1S/C26H29N5O2S/c1-33-25-12-17(7-8-27-25)16-5-6-21(23(32)11-16)22-15-24-26(30-29-22)31(9-10-34-24)20-13-18-3-2-4-19(14-20)28-18/h5-8,11-12,15,18-20,28,32H,2-4,9-10,13-14H2,1H3/t18-,19+,20-. The lowest BCUT2D eigenvalue weighted by molar-refractivity contribution is 0.216. The molecule has 2 fully saturated rings. The maximum absolute atomic E-state index is 10.8. The van der Waals surface area contributed by atoms with Crippen LogP contribution in [0.2, 0.25) is 0 Å². The Morgan fingerprint density at radius 1 is 1.06 bits per heavy atom. The number of phenolic OH excluding ortho intramolecular Hbond substituents is 1. The quantitative estimate of drug-likeness (QED) is 0.571. The number of methoxy groups -OCH3 is 1. The molecule has 0 amide bonds. The van der Waals surface area contributed by atoms with Crippen molar-refractivity contribution < 1.29 is 9.84 Å². The summed E-state index contributed by atoms with van der Waals surface area (Å²) in [5, 5.41) is 23.9. The Balaban J connectivity index is 1.27. The number of pyridine rings is 1. The molecule has 2 N–H and O–H groups in total. The third-order valence-electron chi connectivity index (χ3n) is 7.28. The van der Waals surface area contributed by atoms with Crippen molar-refractivity contribution in [2.75, 3.05) is 24.3 Å². The number of rotatable bonds is 4. The van der Waals surface area contributed by atoms with Crippen LogP contribution in [0.3, 0.4) is 0 Å². The van der Waals surface area contributed by atoms with Crippen molar-refractivity contribution in [1.29, 1.82) is 0 Å². The summed E-state index contributed by atoms with van der Waals surface area (Å²) in [5.74, 6) is 2.78. The van der Waals surface area contributed by atoms with E-state index in [1.165, 1.54) is 32.1 Å². The normalized spacial score (nSPS) is 23.9. The Bertz CT molecular complexity index is 1190. The number of fused-ring (bicyclic) bond motifs is 3. The number of piperidine rings is 2. The molecule has 0 aliphatic carbocycles. The second-order valence-corrected chi connectivity index (χ2v) is 10.5. The molecule has 7 nitrogen and oxygen atoms in total. The van der Waals surface area contributed by atoms with Crippen molar-refractivity contribution in [3.8, 4) is 34.0 Å². The average Bonchev–Trinajstić information content (AvgIpc) is 2.87. The van der Waals surface area contributed by atoms with Crippen LogP contribution in [0.5, 0.6) is 11.6 Å². The van der Waals surface area contributed by atoms with Gasteiger partial charge in [0.2, 0.25) is 5.88 Å². The second-order valence-electron chi connectivity index (χ2n) is 9.39. The van der Waals surface area contributed by atoms with E-state index in [2.05, 4.69) is 31.5 Å². The Labute approximate surface area is 204 Å². The number of nitrogens with one attached hydrogen (secondary N) is 1. The molecule has 3 aliphatic heterocycles. The maximum Gasteiger partial charge on any atom is 0.213 e. The Hall–Kier alpha value is -2.84. The summed E-state index contributed by atoms with van der Waals surface area (Å²) in [6, 6.07) is 13.3. The molecule has 0 unspecified atom stereocenters. The lowest BCUT2D eigenvalue weighted by Crippen LogP contribution is -2.55. The first-order chi connectivity index (χ1) is 16.7. The Kier molecular flexibility index (Phi) is 5.79. The van der Waals surface area contributed by atoms with E-state index < -0.39 is 0 Å². The van der Waals surface area contributed by atoms with E-state index in [0.29, 0.717) is 35.3 Å². The molecular formula is C26H29N5O2S. The summed E-state index contributed by atoms with van der Waals surface area (Å²) in [6.45, 7) is 1.02. The van der Waals surface area contributed by atoms with Gasteiger partial charge < -0.3 is 20.1 Å². The molecule has 6 rings (SSSR count). The number of ether oxygens (including phenoxy) is 1. The number of nitrogens with zero attached hydrogens (tertiary/aromatic N) is 4. The number of hydrogen-bond donors (Lipinski definition) is 2. The van der Waals surface area contributed by atoms with Gasteiger partial charge in [-0.15, -0.1) is 22.0 Å². The number of hydrogen-bond acceptors (Lipinski definition) is 8. The van der Waals surface area contributed by atoms with E-state index in [1.807, 2.05) is 36.0 Å². The van der Waals surface area contributed by atoms with Crippen molar-refractivity contribution >= 4 is 17.6 Å². The summed E-state index contributed by atoms with van der Waals surface area (Å²) in [4.78, 5) is 7.80. The first kappa shape index (κ1) is 21.7. The number of thioether (sulfide) groups is 1. The fourth-order valence-corrected chi connectivity index (χ4v) is 6.63. The molecule has 5 heterocycles. The molecule has 8 heteroatoms. The largest absolute Gasteiger partial charge is 0.507 e. The van der Waals surface area contributed by atoms with Gasteiger partial charge in [-0.2, -0.15) is 0 Å². The molecule has 2 saturated heterocycles. The smallest absolute Gasteiger partial charge is 0.213 e. The molecule has 3 aliphatic rings. The molecule has 0 radical (unpaired) electrons. The average molecular weight is 476 g/mol. The third kappa shape index (κ3) is 4.09. The molecule has 176 valence electrons. The van der Waals surface area contributed by atoms with E-state index in [9.17, 15) is 5.11 Å². The molecular weight excluding hydrogens is 446 g/mol. The van der Waals surface area contributed by atoms with Gasteiger partial charge in [-0.3, -0.25) is 0 Å². The van der Waals surface area contributed by atoms with Crippen molar-refractivity contribution in [2.24, 2.45) is 0 Å².